The van der Waals surface area contributed by atoms with E-state index in [0.717, 1.165) is 0 Å². The highest BCUT2D eigenvalue weighted by Gasteiger charge is 2.33. The van der Waals surface area contributed by atoms with Gasteiger partial charge in [-0.1, -0.05) is 25.1 Å². The zero-order valence-corrected chi connectivity index (χ0v) is 14.0. The predicted octanol–water partition coefficient (Wildman–Crippen LogP) is 3.06. The van der Waals surface area contributed by atoms with Gasteiger partial charge in [0.25, 0.3) is 5.91 Å². The minimum Gasteiger partial charge on any atom is -0.481 e. The molecule has 25 heavy (non-hydrogen) atoms. The van der Waals surface area contributed by atoms with E-state index >= 15 is 0 Å². The number of pyridine rings is 1. The Labute approximate surface area is 146 Å². The second-order valence-corrected chi connectivity index (χ2v) is 6.25. The van der Waals surface area contributed by atoms with Crippen molar-refractivity contribution in [3.63, 3.8) is 0 Å². The van der Waals surface area contributed by atoms with Crippen LogP contribution in [0.5, 0.6) is 11.5 Å². The molecule has 0 bridgehead atoms. The lowest BCUT2D eigenvalue weighted by Crippen LogP contribution is -2.45. The van der Waals surface area contributed by atoms with E-state index in [1.807, 2.05) is 37.3 Å². The lowest BCUT2D eigenvalue weighted by molar-refractivity contribution is -0.145. The summed E-state index contributed by atoms with van der Waals surface area (Å²) in [4.78, 5) is 29.7. The monoisotopic (exact) mass is 340 g/mol. The molecule has 1 aliphatic heterocycles. The van der Waals surface area contributed by atoms with E-state index in [4.69, 9.17) is 4.74 Å². The number of rotatable bonds is 4. The maximum Gasteiger partial charge on any atom is 0.306 e. The largest absolute Gasteiger partial charge is 0.481 e. The van der Waals surface area contributed by atoms with Crippen LogP contribution in [0, 0.1) is 11.8 Å². The van der Waals surface area contributed by atoms with E-state index in [1.54, 1.807) is 23.2 Å². The van der Waals surface area contributed by atoms with Crippen molar-refractivity contribution in [2.75, 3.05) is 13.1 Å². The van der Waals surface area contributed by atoms with Crippen molar-refractivity contribution < 1.29 is 19.4 Å². The van der Waals surface area contributed by atoms with E-state index in [2.05, 4.69) is 4.98 Å². The molecule has 1 N–H and O–H groups in total. The van der Waals surface area contributed by atoms with Crippen molar-refractivity contribution in [2.45, 2.75) is 13.3 Å². The molecule has 0 radical (unpaired) electrons. The van der Waals surface area contributed by atoms with Gasteiger partial charge in [0, 0.05) is 25.4 Å². The Morgan fingerprint density at radius 1 is 1.20 bits per heavy atom. The zero-order valence-electron chi connectivity index (χ0n) is 14.0. The lowest BCUT2D eigenvalue weighted by Gasteiger charge is -2.34. The third-order valence-electron chi connectivity index (χ3n) is 4.44. The smallest absolute Gasteiger partial charge is 0.306 e. The van der Waals surface area contributed by atoms with Gasteiger partial charge < -0.3 is 14.7 Å². The van der Waals surface area contributed by atoms with Crippen LogP contribution in [0.25, 0.3) is 0 Å². The molecular weight excluding hydrogens is 320 g/mol. The van der Waals surface area contributed by atoms with Gasteiger partial charge in [-0.2, -0.15) is 0 Å². The van der Waals surface area contributed by atoms with Crippen LogP contribution in [0.4, 0.5) is 0 Å². The number of nitrogens with zero attached hydrogens (tertiary/aromatic N) is 2. The van der Waals surface area contributed by atoms with Crippen molar-refractivity contribution in [1.82, 2.24) is 9.88 Å². The molecule has 1 saturated heterocycles. The molecule has 2 atom stereocenters. The van der Waals surface area contributed by atoms with Gasteiger partial charge in [0.2, 0.25) is 0 Å². The number of carbonyl (C=O) groups is 2. The molecule has 1 fully saturated rings. The van der Waals surface area contributed by atoms with Gasteiger partial charge in [0.05, 0.1) is 5.92 Å². The number of carbonyl (C=O) groups excluding carboxylic acids is 1. The summed E-state index contributed by atoms with van der Waals surface area (Å²) in [5.74, 6) is -0.255. The molecule has 6 nitrogen and oxygen atoms in total. The SMILES string of the molecule is CC1CN(C(=O)c2cc(Oc3ccccc3)ccn2)CCC1C(=O)O. The fraction of sp³-hybridized carbons (Fsp3) is 0.316. The maximum absolute atomic E-state index is 12.7. The van der Waals surface area contributed by atoms with Gasteiger partial charge in [-0.15, -0.1) is 0 Å². The fourth-order valence-corrected chi connectivity index (χ4v) is 3.08. The summed E-state index contributed by atoms with van der Waals surface area (Å²) in [5, 5.41) is 9.19. The van der Waals surface area contributed by atoms with Gasteiger partial charge in [-0.3, -0.25) is 14.6 Å². The van der Waals surface area contributed by atoms with E-state index < -0.39 is 11.9 Å². The summed E-state index contributed by atoms with van der Waals surface area (Å²) >= 11 is 0. The Balaban J connectivity index is 1.71. The number of carboxylic acid groups (broad SMARTS) is 1. The summed E-state index contributed by atoms with van der Waals surface area (Å²) in [6.45, 7) is 2.70. The van der Waals surface area contributed by atoms with Crippen LogP contribution >= 0.6 is 0 Å². The van der Waals surface area contributed by atoms with Gasteiger partial charge in [0.15, 0.2) is 0 Å². The van der Waals surface area contributed by atoms with Crippen LogP contribution in [0.1, 0.15) is 23.8 Å². The first-order chi connectivity index (χ1) is 12.0. The molecule has 1 aromatic carbocycles. The van der Waals surface area contributed by atoms with Crippen LogP contribution in [-0.4, -0.2) is 40.0 Å². The van der Waals surface area contributed by atoms with Gasteiger partial charge in [-0.25, -0.2) is 0 Å². The highest BCUT2D eigenvalue weighted by atomic mass is 16.5. The first-order valence-electron chi connectivity index (χ1n) is 8.25. The number of hydrogen-bond donors (Lipinski definition) is 1. The maximum atomic E-state index is 12.7. The second kappa shape index (κ2) is 7.34. The Bertz CT molecular complexity index is 763. The average Bonchev–Trinajstić information content (AvgIpc) is 2.62. The molecule has 2 aromatic rings. The number of ether oxygens (including phenoxy) is 1. The summed E-state index contributed by atoms with van der Waals surface area (Å²) in [6, 6.07) is 12.6. The number of aliphatic carboxylic acids is 1. The van der Waals surface area contributed by atoms with Crippen LogP contribution in [-0.2, 0) is 4.79 Å². The third-order valence-corrected chi connectivity index (χ3v) is 4.44. The number of aromatic nitrogens is 1. The first kappa shape index (κ1) is 17.0. The number of likely N-dealkylation sites (tertiary alicyclic amines) is 1. The minimum atomic E-state index is -0.795. The topological polar surface area (TPSA) is 79.7 Å². The first-order valence-corrected chi connectivity index (χ1v) is 8.25. The number of hydrogen-bond acceptors (Lipinski definition) is 4. The molecule has 1 aromatic heterocycles. The van der Waals surface area contributed by atoms with Crippen molar-refractivity contribution in [3.8, 4) is 11.5 Å². The van der Waals surface area contributed by atoms with E-state index in [1.165, 1.54) is 0 Å². The Kier molecular flexibility index (Phi) is 4.97. The zero-order chi connectivity index (χ0) is 17.8. The third kappa shape index (κ3) is 3.96. The number of amides is 1. The predicted molar refractivity (Wildman–Crippen MR) is 91.6 cm³/mol. The van der Waals surface area contributed by atoms with Crippen molar-refractivity contribution >= 4 is 11.9 Å². The minimum absolute atomic E-state index is 0.0843. The molecular formula is C19H20N2O4. The summed E-state index contributed by atoms with van der Waals surface area (Å²) in [7, 11) is 0. The number of piperidine rings is 1. The van der Waals surface area contributed by atoms with Crippen molar-refractivity contribution in [1.29, 1.82) is 0 Å². The average molecular weight is 340 g/mol. The highest BCUT2D eigenvalue weighted by Crippen LogP contribution is 2.26. The molecule has 0 spiro atoms. The Morgan fingerprint density at radius 2 is 1.96 bits per heavy atom. The highest BCUT2D eigenvalue weighted by molar-refractivity contribution is 5.92. The molecule has 130 valence electrons. The molecule has 0 saturated carbocycles. The quantitative estimate of drug-likeness (QED) is 0.925. The van der Waals surface area contributed by atoms with Crippen molar-refractivity contribution in [3.05, 3.63) is 54.4 Å². The molecule has 1 amide bonds. The summed E-state index contributed by atoms with van der Waals surface area (Å²) < 4.78 is 5.74. The second-order valence-electron chi connectivity index (χ2n) is 6.25. The molecule has 3 rings (SSSR count). The van der Waals surface area contributed by atoms with E-state index in [9.17, 15) is 14.7 Å². The van der Waals surface area contributed by atoms with Gasteiger partial charge >= 0.3 is 5.97 Å². The van der Waals surface area contributed by atoms with Crippen LogP contribution in [0.3, 0.4) is 0 Å². The summed E-state index contributed by atoms with van der Waals surface area (Å²) in [6.07, 6.45) is 2.00. The number of carboxylic acids is 1. The molecule has 2 heterocycles. The molecule has 0 aliphatic carbocycles. The standard InChI is InChI=1S/C19H20N2O4/c1-13-12-21(10-8-16(13)19(23)24)18(22)17-11-15(7-9-20-17)25-14-5-3-2-4-6-14/h2-7,9,11,13,16H,8,10,12H2,1H3,(H,23,24). The Hall–Kier alpha value is -2.89. The van der Waals surface area contributed by atoms with Crippen LogP contribution < -0.4 is 4.74 Å². The fourth-order valence-electron chi connectivity index (χ4n) is 3.08. The lowest BCUT2D eigenvalue weighted by atomic mass is 9.87. The number of para-hydroxylation sites is 1. The van der Waals surface area contributed by atoms with Gasteiger partial charge in [-0.05, 0) is 30.5 Å². The van der Waals surface area contributed by atoms with E-state index in [-0.39, 0.29) is 11.8 Å². The summed E-state index contributed by atoms with van der Waals surface area (Å²) in [5.41, 5.74) is 0.300. The van der Waals surface area contributed by atoms with Crippen molar-refractivity contribution in [2.24, 2.45) is 11.8 Å². The van der Waals surface area contributed by atoms with Crippen LogP contribution in [0.2, 0.25) is 0 Å². The van der Waals surface area contributed by atoms with Gasteiger partial charge in [0.1, 0.15) is 17.2 Å². The number of benzene rings is 1. The molecule has 6 heteroatoms. The van der Waals surface area contributed by atoms with Crippen LogP contribution in [0.15, 0.2) is 48.7 Å². The van der Waals surface area contributed by atoms with E-state index in [0.29, 0.717) is 36.7 Å². The molecule has 1 aliphatic rings. The Morgan fingerprint density at radius 3 is 2.64 bits per heavy atom. The molecule has 2 unspecified atom stereocenters. The normalized spacial score (nSPS) is 20.1.